The van der Waals surface area contributed by atoms with Crippen LogP contribution >= 0.6 is 23.4 Å². The van der Waals surface area contributed by atoms with E-state index < -0.39 is 0 Å². The fraction of sp³-hybridized carbons (Fsp3) is 0.379. The lowest BCUT2D eigenvalue weighted by Gasteiger charge is -2.38. The fourth-order valence-corrected chi connectivity index (χ4v) is 6.64. The number of fused-ring (bicyclic) bond motifs is 1. The van der Waals surface area contributed by atoms with Crippen LogP contribution in [-0.2, 0) is 4.79 Å². The summed E-state index contributed by atoms with van der Waals surface area (Å²) >= 11 is 8.29. The largest absolute Gasteiger partial charge is 0.368 e. The maximum atomic E-state index is 12.6. The Bertz CT molecular complexity index is 1440. The Morgan fingerprint density at radius 1 is 0.947 bits per heavy atom. The molecule has 1 amide bonds. The minimum Gasteiger partial charge on any atom is -0.368 e. The number of amides is 1. The van der Waals surface area contributed by atoms with Crippen molar-refractivity contribution in [2.24, 2.45) is 4.99 Å². The quantitative estimate of drug-likeness (QED) is 0.398. The number of nitrogens with zero attached hydrogens (tertiary/aromatic N) is 6. The molecule has 196 valence electrons. The summed E-state index contributed by atoms with van der Waals surface area (Å²) < 4.78 is 0. The van der Waals surface area contributed by atoms with Gasteiger partial charge < -0.3 is 9.80 Å². The first kappa shape index (κ1) is 25.3. The molecule has 3 aliphatic heterocycles. The van der Waals surface area contributed by atoms with Gasteiger partial charge in [-0.25, -0.2) is 9.97 Å². The summed E-state index contributed by atoms with van der Waals surface area (Å²) in [5, 5.41) is 2.47. The number of carbonyl (C=O) groups is 1. The number of likely N-dealkylation sites (tertiary alicyclic amines) is 1. The van der Waals surface area contributed by atoms with E-state index >= 15 is 0 Å². The monoisotopic (exact) mass is 546 g/mol. The SMILES string of the molecule is CC(C)N1CCN(c2ccc(-c3ncnc4ccc(C=C5SC(N6CCCC6)=NC5=O)cc34)cc2Cl)CC1. The van der Waals surface area contributed by atoms with Gasteiger partial charge in [0.05, 0.1) is 26.8 Å². The van der Waals surface area contributed by atoms with Crippen molar-refractivity contribution >= 4 is 57.1 Å². The molecule has 0 saturated carbocycles. The van der Waals surface area contributed by atoms with E-state index in [9.17, 15) is 4.79 Å². The molecule has 6 rings (SSSR count). The van der Waals surface area contributed by atoms with Crippen molar-refractivity contribution in [3.05, 3.63) is 58.2 Å². The van der Waals surface area contributed by atoms with Gasteiger partial charge in [0.15, 0.2) is 5.17 Å². The predicted molar refractivity (Wildman–Crippen MR) is 158 cm³/mol. The molecule has 38 heavy (non-hydrogen) atoms. The highest BCUT2D eigenvalue weighted by Crippen LogP contribution is 2.35. The molecule has 7 nitrogen and oxygen atoms in total. The van der Waals surface area contributed by atoms with Crippen LogP contribution < -0.4 is 4.90 Å². The molecule has 2 aromatic carbocycles. The van der Waals surface area contributed by atoms with Gasteiger partial charge in [0.25, 0.3) is 5.91 Å². The van der Waals surface area contributed by atoms with Crippen LogP contribution in [-0.4, -0.2) is 76.2 Å². The van der Waals surface area contributed by atoms with Gasteiger partial charge in [-0.05, 0) is 74.4 Å². The first-order valence-corrected chi connectivity index (χ1v) is 14.5. The Hall–Kier alpha value is -2.94. The van der Waals surface area contributed by atoms with Crippen LogP contribution in [0.1, 0.15) is 32.3 Å². The molecule has 2 saturated heterocycles. The number of amidine groups is 1. The molecule has 3 aliphatic rings. The van der Waals surface area contributed by atoms with Gasteiger partial charge in [-0.15, -0.1) is 0 Å². The zero-order valence-corrected chi connectivity index (χ0v) is 23.3. The van der Waals surface area contributed by atoms with Gasteiger partial charge in [-0.1, -0.05) is 23.7 Å². The number of hydrogen-bond acceptors (Lipinski definition) is 7. The Morgan fingerprint density at radius 2 is 1.74 bits per heavy atom. The standard InChI is InChI=1S/C29H31ClN6OS/c1-19(2)34-11-13-35(14-12-34)25-8-6-21(17-23(25)30)27-22-15-20(5-7-24(22)31-18-32-27)16-26-28(37)33-29(38-26)36-9-3-4-10-36/h5-8,15-19H,3-4,9-14H2,1-2H3. The van der Waals surface area contributed by atoms with Crippen molar-refractivity contribution in [1.82, 2.24) is 19.8 Å². The van der Waals surface area contributed by atoms with Gasteiger partial charge in [-0.3, -0.25) is 9.69 Å². The van der Waals surface area contributed by atoms with Crippen molar-refractivity contribution in [1.29, 1.82) is 0 Å². The molecule has 4 heterocycles. The highest BCUT2D eigenvalue weighted by molar-refractivity contribution is 8.18. The molecule has 0 spiro atoms. The van der Waals surface area contributed by atoms with Crippen LogP contribution in [0.5, 0.6) is 0 Å². The number of aliphatic imine (C=N–C) groups is 1. The molecule has 0 aliphatic carbocycles. The number of hydrogen-bond donors (Lipinski definition) is 0. The molecule has 0 N–H and O–H groups in total. The van der Waals surface area contributed by atoms with Gasteiger partial charge in [0.2, 0.25) is 0 Å². The molecule has 0 atom stereocenters. The maximum absolute atomic E-state index is 12.6. The van der Waals surface area contributed by atoms with Gasteiger partial charge in [0.1, 0.15) is 6.33 Å². The third-order valence-electron chi connectivity index (χ3n) is 7.55. The van der Waals surface area contributed by atoms with E-state index in [1.54, 1.807) is 6.33 Å². The molecule has 1 aromatic heterocycles. The lowest BCUT2D eigenvalue weighted by atomic mass is 10.0. The van der Waals surface area contributed by atoms with E-state index in [0.717, 1.165) is 95.7 Å². The fourth-order valence-electron chi connectivity index (χ4n) is 5.38. The van der Waals surface area contributed by atoms with Crippen molar-refractivity contribution in [3.8, 4) is 11.3 Å². The summed E-state index contributed by atoms with van der Waals surface area (Å²) in [7, 11) is 0. The Labute approximate surface area is 232 Å². The third-order valence-corrected chi connectivity index (χ3v) is 8.90. The molecule has 0 unspecified atom stereocenters. The predicted octanol–water partition coefficient (Wildman–Crippen LogP) is 5.55. The molecular formula is C29H31ClN6OS. The molecule has 0 radical (unpaired) electrons. The van der Waals surface area contributed by atoms with Crippen LogP contribution in [0, 0.1) is 0 Å². The summed E-state index contributed by atoms with van der Waals surface area (Å²) in [6, 6.07) is 12.8. The lowest BCUT2D eigenvalue weighted by Crippen LogP contribution is -2.49. The van der Waals surface area contributed by atoms with Crippen LogP contribution in [0.4, 0.5) is 5.69 Å². The van der Waals surface area contributed by atoms with Crippen molar-refractivity contribution < 1.29 is 4.79 Å². The Kier molecular flexibility index (Phi) is 7.12. The first-order chi connectivity index (χ1) is 18.5. The molecule has 2 fully saturated rings. The number of carbonyl (C=O) groups excluding carboxylic acids is 1. The molecule has 0 bridgehead atoms. The second kappa shape index (κ2) is 10.7. The number of benzene rings is 2. The van der Waals surface area contributed by atoms with Crippen LogP contribution in [0.15, 0.2) is 52.6 Å². The summed E-state index contributed by atoms with van der Waals surface area (Å²) in [6.07, 6.45) is 5.82. The normalized spacial score (nSPS) is 19.8. The van der Waals surface area contributed by atoms with Gasteiger partial charge in [-0.2, -0.15) is 4.99 Å². The van der Waals surface area contributed by atoms with Crippen molar-refractivity contribution in [3.63, 3.8) is 0 Å². The van der Waals surface area contributed by atoms with E-state index in [4.69, 9.17) is 11.6 Å². The number of aromatic nitrogens is 2. The molecular weight excluding hydrogens is 516 g/mol. The number of anilines is 1. The molecule has 3 aromatic rings. The highest BCUT2D eigenvalue weighted by Gasteiger charge is 2.27. The second-order valence-corrected chi connectivity index (χ2v) is 11.7. The number of thioether (sulfide) groups is 1. The summed E-state index contributed by atoms with van der Waals surface area (Å²) in [6.45, 7) is 10.4. The minimum atomic E-state index is -0.168. The summed E-state index contributed by atoms with van der Waals surface area (Å²) in [5.74, 6) is -0.168. The zero-order valence-electron chi connectivity index (χ0n) is 21.7. The number of piperazine rings is 1. The highest BCUT2D eigenvalue weighted by atomic mass is 35.5. The van der Waals surface area contributed by atoms with Crippen LogP contribution in [0.25, 0.3) is 28.2 Å². The van der Waals surface area contributed by atoms with Crippen molar-refractivity contribution in [2.75, 3.05) is 44.2 Å². The average molecular weight is 547 g/mol. The summed E-state index contributed by atoms with van der Waals surface area (Å²) in [5.41, 5.74) is 4.61. The van der Waals surface area contributed by atoms with Crippen molar-refractivity contribution in [2.45, 2.75) is 32.7 Å². The smallest absolute Gasteiger partial charge is 0.286 e. The Balaban J connectivity index is 1.26. The number of rotatable bonds is 4. The average Bonchev–Trinajstić information content (AvgIpc) is 3.59. The second-order valence-electron chi connectivity index (χ2n) is 10.3. The van der Waals surface area contributed by atoms with E-state index in [2.05, 4.69) is 55.6 Å². The van der Waals surface area contributed by atoms with Crippen LogP contribution in [0.2, 0.25) is 5.02 Å². The van der Waals surface area contributed by atoms with E-state index in [0.29, 0.717) is 10.9 Å². The molecule has 9 heteroatoms. The summed E-state index contributed by atoms with van der Waals surface area (Å²) in [4.78, 5) is 33.7. The number of halogens is 1. The zero-order chi connectivity index (χ0) is 26.2. The van der Waals surface area contributed by atoms with Gasteiger partial charge >= 0.3 is 0 Å². The van der Waals surface area contributed by atoms with E-state index in [1.165, 1.54) is 11.8 Å². The minimum absolute atomic E-state index is 0.168. The first-order valence-electron chi connectivity index (χ1n) is 13.3. The maximum Gasteiger partial charge on any atom is 0.286 e. The lowest BCUT2D eigenvalue weighted by molar-refractivity contribution is -0.113. The van der Waals surface area contributed by atoms with Crippen LogP contribution in [0.3, 0.4) is 0 Å². The third kappa shape index (κ3) is 5.05. The van der Waals surface area contributed by atoms with E-state index in [1.807, 2.05) is 30.3 Å². The van der Waals surface area contributed by atoms with E-state index in [-0.39, 0.29) is 5.91 Å². The van der Waals surface area contributed by atoms with Gasteiger partial charge in [0, 0.05) is 56.3 Å². The topological polar surface area (TPSA) is 64.9 Å². The Morgan fingerprint density at radius 3 is 2.47 bits per heavy atom.